The van der Waals surface area contributed by atoms with Gasteiger partial charge < -0.3 is 21.1 Å². The monoisotopic (exact) mass is 245 g/mol. The molecule has 2 unspecified atom stereocenters. The summed E-state index contributed by atoms with van der Waals surface area (Å²) < 4.78 is 0. The first kappa shape index (κ1) is 17.5. The van der Waals surface area contributed by atoms with E-state index >= 15 is 0 Å². The Labute approximate surface area is 98.2 Å². The maximum atomic E-state index is 10.1. The molecule has 96 valence electrons. The summed E-state index contributed by atoms with van der Waals surface area (Å²) >= 11 is 0. The van der Waals surface area contributed by atoms with Crippen molar-refractivity contribution in [3.8, 4) is 11.8 Å². The Kier molecular flexibility index (Phi) is 9.59. The van der Waals surface area contributed by atoms with Gasteiger partial charge in [0.05, 0.1) is 0 Å². The van der Waals surface area contributed by atoms with Gasteiger partial charge in [-0.1, -0.05) is 5.92 Å². The molecule has 0 amide bonds. The SMILES string of the molecule is CC#CC(O)C(N)C(=O)O.CC(=O)CC(=O)O. The number of hydrogen-bond acceptors (Lipinski definition) is 5. The van der Waals surface area contributed by atoms with E-state index in [0.717, 1.165) is 0 Å². The number of carbonyl (C=O) groups is 3. The molecule has 0 radical (unpaired) electrons. The first-order valence-corrected chi connectivity index (χ1v) is 4.52. The molecule has 0 rings (SSSR count). The molecule has 0 fully saturated rings. The lowest BCUT2D eigenvalue weighted by atomic mass is 10.2. The van der Waals surface area contributed by atoms with Crippen molar-refractivity contribution in [2.45, 2.75) is 32.4 Å². The lowest BCUT2D eigenvalue weighted by molar-refractivity contribution is -0.141. The van der Waals surface area contributed by atoms with Crippen LogP contribution in [0.1, 0.15) is 20.3 Å². The number of carbonyl (C=O) groups excluding carboxylic acids is 1. The van der Waals surface area contributed by atoms with Crippen LogP contribution in [0.4, 0.5) is 0 Å². The molecule has 0 heterocycles. The molecule has 0 saturated carbocycles. The fraction of sp³-hybridized carbons (Fsp3) is 0.500. The molecular formula is C10H15NO6. The van der Waals surface area contributed by atoms with E-state index in [2.05, 4.69) is 11.8 Å². The van der Waals surface area contributed by atoms with Crippen molar-refractivity contribution in [1.29, 1.82) is 0 Å². The largest absolute Gasteiger partial charge is 0.481 e. The first-order chi connectivity index (χ1) is 7.72. The summed E-state index contributed by atoms with van der Waals surface area (Å²) in [6.45, 7) is 2.74. The summed E-state index contributed by atoms with van der Waals surface area (Å²) in [6.07, 6.45) is -1.64. The molecule has 7 nitrogen and oxygen atoms in total. The van der Waals surface area contributed by atoms with Crippen molar-refractivity contribution in [3.63, 3.8) is 0 Å². The number of aliphatic carboxylic acids is 2. The molecule has 0 aromatic rings. The predicted octanol–water partition coefficient (Wildman–Crippen LogP) is -1.17. The molecule has 0 aromatic carbocycles. The van der Waals surface area contributed by atoms with E-state index in [0.29, 0.717) is 0 Å². The fourth-order valence-electron chi connectivity index (χ4n) is 0.586. The Bertz CT molecular complexity index is 328. The summed E-state index contributed by atoms with van der Waals surface area (Å²) in [5.74, 6) is 1.96. The number of Topliss-reactive ketones (excluding diaryl/α,β-unsaturated/α-hetero) is 1. The molecule has 0 aromatic heterocycles. The maximum absolute atomic E-state index is 10.1. The van der Waals surface area contributed by atoms with Gasteiger partial charge in [-0.2, -0.15) is 0 Å². The summed E-state index contributed by atoms with van der Waals surface area (Å²) in [5, 5.41) is 24.9. The number of rotatable bonds is 4. The van der Waals surface area contributed by atoms with Crippen molar-refractivity contribution in [2.75, 3.05) is 0 Å². The normalized spacial score (nSPS) is 12.0. The van der Waals surface area contributed by atoms with Gasteiger partial charge in [-0.25, -0.2) is 0 Å². The Hall–Kier alpha value is -1.91. The molecule has 0 aliphatic carbocycles. The highest BCUT2D eigenvalue weighted by Gasteiger charge is 2.19. The molecule has 0 saturated heterocycles. The van der Waals surface area contributed by atoms with Crippen LogP contribution in [0, 0.1) is 11.8 Å². The van der Waals surface area contributed by atoms with Gasteiger partial charge in [0.25, 0.3) is 0 Å². The highest BCUT2D eigenvalue weighted by molar-refractivity contribution is 5.93. The zero-order chi connectivity index (χ0) is 14.0. The molecule has 0 spiro atoms. The Morgan fingerprint density at radius 2 is 1.76 bits per heavy atom. The highest BCUT2D eigenvalue weighted by atomic mass is 16.4. The van der Waals surface area contributed by atoms with Crippen LogP contribution >= 0.6 is 0 Å². The third kappa shape index (κ3) is 12.0. The van der Waals surface area contributed by atoms with E-state index in [-0.39, 0.29) is 12.2 Å². The lowest BCUT2D eigenvalue weighted by Gasteiger charge is -2.06. The van der Waals surface area contributed by atoms with Gasteiger partial charge in [0.2, 0.25) is 0 Å². The minimum Gasteiger partial charge on any atom is -0.481 e. The topological polar surface area (TPSA) is 138 Å². The summed E-state index contributed by atoms with van der Waals surface area (Å²) in [6, 6.07) is -1.31. The van der Waals surface area contributed by atoms with Crippen LogP contribution in [0.2, 0.25) is 0 Å². The van der Waals surface area contributed by atoms with Crippen molar-refractivity contribution in [3.05, 3.63) is 0 Å². The summed E-state index contributed by atoms with van der Waals surface area (Å²) in [5.41, 5.74) is 4.99. The summed E-state index contributed by atoms with van der Waals surface area (Å²) in [4.78, 5) is 29.5. The molecule has 0 bridgehead atoms. The van der Waals surface area contributed by atoms with Gasteiger partial charge >= 0.3 is 11.9 Å². The molecule has 7 heteroatoms. The molecule has 0 aliphatic heterocycles. The van der Waals surface area contributed by atoms with E-state index in [1.54, 1.807) is 0 Å². The van der Waals surface area contributed by atoms with E-state index < -0.39 is 24.1 Å². The van der Waals surface area contributed by atoms with Crippen molar-refractivity contribution in [2.24, 2.45) is 5.73 Å². The third-order valence-electron chi connectivity index (χ3n) is 1.32. The first-order valence-electron chi connectivity index (χ1n) is 4.52. The number of hydrogen-bond donors (Lipinski definition) is 4. The van der Waals surface area contributed by atoms with Gasteiger partial charge in [0, 0.05) is 0 Å². The fourth-order valence-corrected chi connectivity index (χ4v) is 0.586. The van der Waals surface area contributed by atoms with Crippen LogP contribution in [-0.4, -0.2) is 45.2 Å². The Balaban J connectivity index is 0. The number of aliphatic hydroxyl groups is 1. The van der Waals surface area contributed by atoms with Crippen LogP contribution in [0.5, 0.6) is 0 Å². The highest BCUT2D eigenvalue weighted by Crippen LogP contribution is 1.87. The van der Waals surface area contributed by atoms with Crippen LogP contribution in [-0.2, 0) is 14.4 Å². The molecule has 2 atom stereocenters. The van der Waals surface area contributed by atoms with Crippen molar-refractivity contribution >= 4 is 17.7 Å². The van der Waals surface area contributed by atoms with Crippen LogP contribution in [0.3, 0.4) is 0 Å². The van der Waals surface area contributed by atoms with Gasteiger partial charge in [0.15, 0.2) is 0 Å². The smallest absolute Gasteiger partial charge is 0.324 e. The van der Waals surface area contributed by atoms with E-state index in [1.165, 1.54) is 13.8 Å². The minimum absolute atomic E-state index is 0.312. The average Bonchev–Trinajstić information content (AvgIpc) is 2.15. The maximum Gasteiger partial charge on any atom is 0.324 e. The number of nitrogens with two attached hydrogens (primary N) is 1. The lowest BCUT2D eigenvalue weighted by Crippen LogP contribution is -2.40. The number of aliphatic hydroxyl groups excluding tert-OH is 1. The molecule has 17 heavy (non-hydrogen) atoms. The molecule has 0 aliphatic rings. The quantitative estimate of drug-likeness (QED) is 0.361. The minimum atomic E-state index is -1.31. The van der Waals surface area contributed by atoms with Crippen molar-refractivity contribution < 1.29 is 29.7 Å². The second-order valence-corrected chi connectivity index (χ2v) is 2.98. The zero-order valence-corrected chi connectivity index (χ0v) is 9.51. The number of carboxylic acids is 2. The van der Waals surface area contributed by atoms with E-state index in [1.807, 2.05) is 0 Å². The Morgan fingerprint density at radius 3 is 1.94 bits per heavy atom. The van der Waals surface area contributed by atoms with Gasteiger partial charge in [0.1, 0.15) is 24.3 Å². The van der Waals surface area contributed by atoms with Crippen LogP contribution in [0.15, 0.2) is 0 Å². The van der Waals surface area contributed by atoms with Gasteiger partial charge in [-0.05, 0) is 13.8 Å². The van der Waals surface area contributed by atoms with Gasteiger partial charge in [-0.3, -0.25) is 14.4 Å². The second-order valence-electron chi connectivity index (χ2n) is 2.98. The molecule has 5 N–H and O–H groups in total. The van der Waals surface area contributed by atoms with Crippen LogP contribution in [0.25, 0.3) is 0 Å². The Morgan fingerprint density at radius 1 is 1.29 bits per heavy atom. The standard InChI is InChI=1S/C6H9NO3.C4H6O3/c1-2-3-4(8)5(7)6(9)10;1-3(5)2-4(6)7/h4-5,8H,7H2,1H3,(H,9,10);2H2,1H3,(H,6,7). The van der Waals surface area contributed by atoms with E-state index in [4.69, 9.17) is 21.1 Å². The van der Waals surface area contributed by atoms with Gasteiger partial charge in [-0.15, -0.1) is 5.92 Å². The molecular weight excluding hydrogens is 230 g/mol. The van der Waals surface area contributed by atoms with E-state index in [9.17, 15) is 14.4 Å². The number of ketones is 1. The average molecular weight is 245 g/mol. The number of carboxylic acid groups (broad SMARTS) is 2. The van der Waals surface area contributed by atoms with Crippen LogP contribution < -0.4 is 5.73 Å². The zero-order valence-electron chi connectivity index (χ0n) is 9.51. The van der Waals surface area contributed by atoms with Crippen molar-refractivity contribution in [1.82, 2.24) is 0 Å². The third-order valence-corrected chi connectivity index (χ3v) is 1.32. The second kappa shape index (κ2) is 9.33. The summed E-state index contributed by atoms with van der Waals surface area (Å²) in [7, 11) is 0. The predicted molar refractivity (Wildman–Crippen MR) is 58.0 cm³/mol.